The predicted molar refractivity (Wildman–Crippen MR) is 113 cm³/mol. The topological polar surface area (TPSA) is 93.6 Å². The van der Waals surface area contributed by atoms with Crippen LogP contribution >= 0.6 is 0 Å². The van der Waals surface area contributed by atoms with Gasteiger partial charge >= 0.3 is 0 Å². The molecule has 0 spiro atoms. The molecule has 0 aliphatic carbocycles. The molecule has 1 heterocycles. The Balaban J connectivity index is 1.79. The zero-order valence-corrected chi connectivity index (χ0v) is 17.8. The van der Waals surface area contributed by atoms with E-state index in [1.165, 1.54) is 0 Å². The van der Waals surface area contributed by atoms with E-state index in [2.05, 4.69) is 10.6 Å². The number of nitrogens with one attached hydrogen (secondary N) is 2. The van der Waals surface area contributed by atoms with Crippen molar-refractivity contribution in [2.24, 2.45) is 10.4 Å². The Bertz CT molecular complexity index is 610. The van der Waals surface area contributed by atoms with E-state index in [4.69, 9.17) is 23.9 Å². The number of aliphatic hydroxyl groups is 1. The van der Waals surface area contributed by atoms with Crippen LogP contribution in [0.2, 0.25) is 0 Å². The zero-order chi connectivity index (χ0) is 21.0. The number of rotatable bonds is 12. The standard InChI is InChI=1S/C21H35N3O5/c1-4-22-20(24-15-21(6-9-25)7-11-28-16-21)23-8-5-10-29-19-13-17(26-2)12-18(14-19)27-3/h12-14,25H,4-11,15-16H2,1-3H3,(H2,22,23,24). The van der Waals surface area contributed by atoms with Gasteiger partial charge in [0.05, 0.1) is 34.0 Å². The Morgan fingerprint density at radius 1 is 1.17 bits per heavy atom. The third-order valence-electron chi connectivity index (χ3n) is 4.95. The first-order valence-corrected chi connectivity index (χ1v) is 10.2. The average molecular weight is 410 g/mol. The van der Waals surface area contributed by atoms with Gasteiger partial charge in [0.15, 0.2) is 5.96 Å². The van der Waals surface area contributed by atoms with Crippen LogP contribution in [-0.2, 0) is 4.74 Å². The van der Waals surface area contributed by atoms with Crippen LogP contribution in [0.25, 0.3) is 0 Å². The Labute approximate surface area is 173 Å². The highest BCUT2D eigenvalue weighted by Crippen LogP contribution is 2.32. The molecule has 8 nitrogen and oxygen atoms in total. The third-order valence-corrected chi connectivity index (χ3v) is 4.95. The van der Waals surface area contributed by atoms with Gasteiger partial charge in [0.1, 0.15) is 17.2 Å². The monoisotopic (exact) mass is 409 g/mol. The maximum Gasteiger partial charge on any atom is 0.191 e. The van der Waals surface area contributed by atoms with Gasteiger partial charge in [-0.05, 0) is 26.2 Å². The normalized spacial score (nSPS) is 19.1. The Hall–Kier alpha value is -2.19. The molecule has 0 bridgehead atoms. The number of benzene rings is 1. The number of aliphatic imine (C=N–C) groups is 1. The van der Waals surface area contributed by atoms with Gasteiger partial charge in [-0.3, -0.25) is 4.99 Å². The summed E-state index contributed by atoms with van der Waals surface area (Å²) in [5.74, 6) is 2.90. The highest BCUT2D eigenvalue weighted by atomic mass is 16.5. The summed E-state index contributed by atoms with van der Waals surface area (Å²) in [5, 5.41) is 16.0. The van der Waals surface area contributed by atoms with Gasteiger partial charge in [-0.15, -0.1) is 0 Å². The summed E-state index contributed by atoms with van der Waals surface area (Å²) in [6.45, 7) is 6.33. The van der Waals surface area contributed by atoms with Gasteiger partial charge in [-0.25, -0.2) is 0 Å². The van der Waals surface area contributed by atoms with Crippen LogP contribution in [0.4, 0.5) is 0 Å². The van der Waals surface area contributed by atoms with E-state index in [1.807, 2.05) is 25.1 Å². The quantitative estimate of drug-likeness (QED) is 0.275. The predicted octanol–water partition coefficient (Wildman–Crippen LogP) is 1.82. The first kappa shape index (κ1) is 23.1. The Kier molecular flexibility index (Phi) is 9.87. The van der Waals surface area contributed by atoms with Gasteiger partial charge in [-0.2, -0.15) is 0 Å². The van der Waals surface area contributed by atoms with Gasteiger partial charge in [0, 0.05) is 49.9 Å². The van der Waals surface area contributed by atoms with Crippen molar-refractivity contribution in [2.75, 3.05) is 60.3 Å². The number of guanidine groups is 1. The highest BCUT2D eigenvalue weighted by molar-refractivity contribution is 5.79. The second-order valence-corrected chi connectivity index (χ2v) is 7.15. The average Bonchev–Trinajstić information content (AvgIpc) is 3.20. The van der Waals surface area contributed by atoms with Crippen molar-refractivity contribution in [2.45, 2.75) is 26.2 Å². The lowest BCUT2D eigenvalue weighted by molar-refractivity contribution is 0.131. The van der Waals surface area contributed by atoms with Crippen molar-refractivity contribution in [1.29, 1.82) is 0 Å². The van der Waals surface area contributed by atoms with Crippen LogP contribution in [0, 0.1) is 5.41 Å². The zero-order valence-electron chi connectivity index (χ0n) is 17.8. The molecule has 3 N–H and O–H groups in total. The van der Waals surface area contributed by atoms with E-state index in [9.17, 15) is 5.11 Å². The lowest BCUT2D eigenvalue weighted by Crippen LogP contribution is -2.39. The molecule has 1 aliphatic rings. The molecular weight excluding hydrogens is 374 g/mol. The molecular formula is C21H35N3O5. The molecule has 1 atom stereocenters. The minimum Gasteiger partial charge on any atom is -0.496 e. The van der Waals surface area contributed by atoms with Crippen LogP contribution in [0.5, 0.6) is 17.2 Å². The number of hydrogen-bond donors (Lipinski definition) is 3. The summed E-state index contributed by atoms with van der Waals surface area (Å²) in [7, 11) is 3.24. The van der Waals surface area contributed by atoms with E-state index >= 15 is 0 Å². The summed E-state index contributed by atoms with van der Waals surface area (Å²) in [6, 6.07) is 5.49. The second kappa shape index (κ2) is 12.4. The molecule has 0 radical (unpaired) electrons. The van der Waals surface area contributed by atoms with Crippen molar-refractivity contribution in [3.8, 4) is 17.2 Å². The summed E-state index contributed by atoms with van der Waals surface area (Å²) >= 11 is 0. The van der Waals surface area contributed by atoms with Crippen LogP contribution in [0.1, 0.15) is 26.2 Å². The van der Waals surface area contributed by atoms with Crippen LogP contribution < -0.4 is 24.8 Å². The number of hydrogen-bond acceptors (Lipinski definition) is 6. The maximum atomic E-state index is 9.36. The first-order valence-electron chi connectivity index (χ1n) is 10.2. The van der Waals surface area contributed by atoms with Gasteiger partial charge in [-0.1, -0.05) is 0 Å². The molecule has 1 aromatic rings. The lowest BCUT2D eigenvalue weighted by atomic mass is 9.84. The van der Waals surface area contributed by atoms with Crippen LogP contribution in [0.15, 0.2) is 23.2 Å². The van der Waals surface area contributed by atoms with Crippen LogP contribution in [0.3, 0.4) is 0 Å². The maximum absolute atomic E-state index is 9.36. The third kappa shape index (κ3) is 7.62. The fraction of sp³-hybridized carbons (Fsp3) is 0.667. The molecule has 164 valence electrons. The minimum absolute atomic E-state index is 0.0500. The summed E-state index contributed by atoms with van der Waals surface area (Å²) in [6.07, 6.45) is 2.47. The summed E-state index contributed by atoms with van der Waals surface area (Å²) < 4.78 is 21.9. The Morgan fingerprint density at radius 2 is 1.90 bits per heavy atom. The lowest BCUT2D eigenvalue weighted by Gasteiger charge is -2.24. The smallest absolute Gasteiger partial charge is 0.191 e. The highest BCUT2D eigenvalue weighted by Gasteiger charge is 2.34. The van der Waals surface area contributed by atoms with E-state index in [0.717, 1.165) is 38.5 Å². The minimum atomic E-state index is -0.0500. The van der Waals surface area contributed by atoms with E-state index in [-0.39, 0.29) is 12.0 Å². The van der Waals surface area contributed by atoms with E-state index < -0.39 is 0 Å². The molecule has 1 aromatic carbocycles. The van der Waals surface area contributed by atoms with Crippen molar-refractivity contribution in [1.82, 2.24) is 10.6 Å². The van der Waals surface area contributed by atoms with E-state index in [1.54, 1.807) is 14.2 Å². The fourth-order valence-electron chi connectivity index (χ4n) is 3.21. The number of ether oxygens (including phenoxy) is 4. The fourth-order valence-corrected chi connectivity index (χ4v) is 3.21. The Morgan fingerprint density at radius 3 is 2.48 bits per heavy atom. The molecule has 1 saturated heterocycles. The second-order valence-electron chi connectivity index (χ2n) is 7.15. The van der Waals surface area contributed by atoms with Crippen molar-refractivity contribution >= 4 is 5.96 Å². The van der Waals surface area contributed by atoms with Gasteiger partial charge in [0.25, 0.3) is 0 Å². The van der Waals surface area contributed by atoms with Gasteiger partial charge in [0.2, 0.25) is 0 Å². The van der Waals surface area contributed by atoms with E-state index in [0.29, 0.717) is 43.4 Å². The molecule has 1 fully saturated rings. The molecule has 1 unspecified atom stereocenters. The molecule has 0 aromatic heterocycles. The van der Waals surface area contributed by atoms with Crippen LogP contribution in [-0.4, -0.2) is 71.3 Å². The number of methoxy groups -OCH3 is 2. The van der Waals surface area contributed by atoms with Crippen molar-refractivity contribution in [3.05, 3.63) is 18.2 Å². The summed E-state index contributed by atoms with van der Waals surface area (Å²) in [4.78, 5) is 4.72. The SMILES string of the molecule is CCNC(=NCC1(CCO)CCOC1)NCCCOc1cc(OC)cc(OC)c1. The van der Waals surface area contributed by atoms with Crippen molar-refractivity contribution in [3.63, 3.8) is 0 Å². The molecule has 0 amide bonds. The largest absolute Gasteiger partial charge is 0.496 e. The summed E-state index contributed by atoms with van der Waals surface area (Å²) in [5.41, 5.74) is -0.0500. The van der Waals surface area contributed by atoms with Gasteiger partial charge < -0.3 is 34.7 Å². The number of nitrogens with zero attached hydrogens (tertiary/aromatic N) is 1. The number of aliphatic hydroxyl groups excluding tert-OH is 1. The molecule has 2 rings (SSSR count). The molecule has 0 saturated carbocycles. The van der Waals surface area contributed by atoms with Crippen molar-refractivity contribution < 1.29 is 24.1 Å². The molecule has 29 heavy (non-hydrogen) atoms. The molecule has 8 heteroatoms. The molecule has 1 aliphatic heterocycles. The first-order chi connectivity index (χ1) is 14.1.